The van der Waals surface area contributed by atoms with Gasteiger partial charge < -0.3 is 0 Å². The molecular formula is C27H18ClN3O2S. The summed E-state index contributed by atoms with van der Waals surface area (Å²) in [7, 11) is 0. The van der Waals surface area contributed by atoms with Crippen LogP contribution in [0.25, 0.3) is 33.9 Å². The highest BCUT2D eigenvalue weighted by Gasteiger charge is 2.23. The lowest BCUT2D eigenvalue weighted by atomic mass is 10.0. The number of nitro benzene ring substituents is 1. The number of hydrogen-bond acceptors (Lipinski definition) is 3. The number of imidazole rings is 1. The largest absolute Gasteiger partial charge is 0.284 e. The van der Waals surface area contributed by atoms with Crippen LogP contribution in [0.2, 0.25) is 5.02 Å². The van der Waals surface area contributed by atoms with Crippen LogP contribution >= 0.6 is 23.8 Å². The fourth-order valence-electron chi connectivity index (χ4n) is 4.02. The summed E-state index contributed by atoms with van der Waals surface area (Å²) in [6.45, 7) is 0. The summed E-state index contributed by atoms with van der Waals surface area (Å²) in [6.07, 6.45) is 0. The highest BCUT2D eigenvalue weighted by Crippen LogP contribution is 2.38. The monoisotopic (exact) mass is 483 g/mol. The number of nitrogens with zero attached hydrogens (tertiary/aromatic N) is 3. The van der Waals surface area contributed by atoms with Gasteiger partial charge in [-0.2, -0.15) is 0 Å². The van der Waals surface area contributed by atoms with Crippen molar-refractivity contribution in [1.82, 2.24) is 9.13 Å². The fraction of sp³-hybridized carbons (Fsp3) is 0. The Hall–Kier alpha value is -4.00. The molecule has 0 atom stereocenters. The molecule has 7 heteroatoms. The van der Waals surface area contributed by atoms with Gasteiger partial charge in [0.25, 0.3) is 5.69 Å². The lowest BCUT2D eigenvalue weighted by Gasteiger charge is -2.12. The van der Waals surface area contributed by atoms with Crippen LogP contribution in [0.4, 0.5) is 5.69 Å². The smallest absolute Gasteiger partial charge is 0.269 e. The topological polar surface area (TPSA) is 53.0 Å². The van der Waals surface area contributed by atoms with E-state index in [1.165, 1.54) is 12.1 Å². The quantitative estimate of drug-likeness (QED) is 0.145. The van der Waals surface area contributed by atoms with E-state index in [2.05, 4.69) is 0 Å². The molecular weight excluding hydrogens is 466 g/mol. The summed E-state index contributed by atoms with van der Waals surface area (Å²) < 4.78 is 4.52. The average Bonchev–Trinajstić information content (AvgIpc) is 3.18. The number of hydrogen-bond donors (Lipinski definition) is 0. The summed E-state index contributed by atoms with van der Waals surface area (Å²) in [5.74, 6) is 0. The number of halogens is 1. The van der Waals surface area contributed by atoms with Crippen molar-refractivity contribution < 1.29 is 4.92 Å². The standard InChI is InChI=1S/C27H18ClN3O2S/c28-21-11-13-22(14-12-21)29-25(19-7-3-1-4-8-19)26(20-9-5-2-6-10-20)30(27(29)34)23-15-17-24(18-16-23)31(32)33/h1-18H. The van der Waals surface area contributed by atoms with Crippen molar-refractivity contribution in [2.75, 3.05) is 0 Å². The van der Waals surface area contributed by atoms with Crippen LogP contribution in [0, 0.1) is 14.9 Å². The summed E-state index contributed by atoms with van der Waals surface area (Å²) in [5, 5.41) is 11.9. The van der Waals surface area contributed by atoms with E-state index in [9.17, 15) is 10.1 Å². The SMILES string of the molecule is O=[N+]([O-])c1ccc(-n2c(-c3ccccc3)c(-c3ccccc3)n(-c3ccc(Cl)cc3)c2=S)cc1. The van der Waals surface area contributed by atoms with Crippen LogP contribution < -0.4 is 0 Å². The Morgan fingerprint density at radius 3 is 1.47 bits per heavy atom. The molecule has 0 fully saturated rings. The number of aromatic nitrogens is 2. The van der Waals surface area contributed by atoms with Crippen molar-refractivity contribution >= 4 is 29.5 Å². The van der Waals surface area contributed by atoms with E-state index >= 15 is 0 Å². The average molecular weight is 484 g/mol. The minimum Gasteiger partial charge on any atom is -0.284 e. The normalized spacial score (nSPS) is 10.9. The number of nitro groups is 1. The van der Waals surface area contributed by atoms with Gasteiger partial charge in [-0.15, -0.1) is 0 Å². The van der Waals surface area contributed by atoms with E-state index in [-0.39, 0.29) is 5.69 Å². The molecule has 0 unspecified atom stereocenters. The maximum Gasteiger partial charge on any atom is 0.269 e. The zero-order valence-electron chi connectivity index (χ0n) is 17.8. The Labute approximate surface area is 206 Å². The van der Waals surface area contributed by atoms with Gasteiger partial charge in [-0.1, -0.05) is 72.3 Å². The molecule has 0 aliphatic carbocycles. The van der Waals surface area contributed by atoms with Gasteiger partial charge in [0.2, 0.25) is 0 Å². The first kappa shape index (κ1) is 21.8. The van der Waals surface area contributed by atoms with E-state index in [4.69, 9.17) is 23.8 Å². The molecule has 166 valence electrons. The van der Waals surface area contributed by atoms with Crippen molar-refractivity contribution in [2.45, 2.75) is 0 Å². The zero-order valence-corrected chi connectivity index (χ0v) is 19.4. The number of rotatable bonds is 5. The van der Waals surface area contributed by atoms with Crippen LogP contribution in [0.1, 0.15) is 0 Å². The third-order valence-corrected chi connectivity index (χ3v) is 6.17. The molecule has 5 rings (SSSR count). The molecule has 1 heterocycles. The molecule has 0 saturated heterocycles. The van der Waals surface area contributed by atoms with Gasteiger partial charge in [-0.05, 0) is 48.6 Å². The molecule has 5 aromatic rings. The first-order valence-corrected chi connectivity index (χ1v) is 11.3. The van der Waals surface area contributed by atoms with Crippen LogP contribution in [-0.2, 0) is 0 Å². The third kappa shape index (κ3) is 3.94. The van der Waals surface area contributed by atoms with Crippen LogP contribution in [0.15, 0.2) is 109 Å². The highest BCUT2D eigenvalue weighted by atomic mass is 35.5. The molecule has 5 nitrogen and oxygen atoms in total. The lowest BCUT2D eigenvalue weighted by Crippen LogP contribution is -1.99. The van der Waals surface area contributed by atoms with E-state index < -0.39 is 4.92 Å². The molecule has 0 aliphatic heterocycles. The maximum absolute atomic E-state index is 11.2. The zero-order chi connectivity index (χ0) is 23.7. The van der Waals surface area contributed by atoms with Gasteiger partial charge in [0.05, 0.1) is 16.3 Å². The maximum atomic E-state index is 11.2. The minimum atomic E-state index is -0.407. The Balaban J connectivity index is 1.90. The molecule has 4 aromatic carbocycles. The summed E-state index contributed by atoms with van der Waals surface area (Å²) in [6, 6.07) is 34.0. The Morgan fingerprint density at radius 1 is 0.647 bits per heavy atom. The van der Waals surface area contributed by atoms with Gasteiger partial charge in [-0.25, -0.2) is 0 Å². The molecule has 0 saturated carbocycles. The van der Waals surface area contributed by atoms with E-state index in [1.54, 1.807) is 12.1 Å². The molecule has 0 N–H and O–H groups in total. The fourth-order valence-corrected chi connectivity index (χ4v) is 4.54. The highest BCUT2D eigenvalue weighted by molar-refractivity contribution is 7.71. The van der Waals surface area contributed by atoms with Gasteiger partial charge in [0, 0.05) is 39.7 Å². The number of benzene rings is 4. The molecule has 0 radical (unpaired) electrons. The van der Waals surface area contributed by atoms with Gasteiger partial charge >= 0.3 is 0 Å². The predicted octanol–water partition coefficient (Wildman–Crippen LogP) is 7.89. The van der Waals surface area contributed by atoms with E-state index in [0.717, 1.165) is 33.9 Å². The molecule has 0 aliphatic rings. The molecule has 0 amide bonds. The second-order valence-corrected chi connectivity index (χ2v) is 8.43. The summed E-state index contributed by atoms with van der Waals surface area (Å²) in [4.78, 5) is 10.8. The second kappa shape index (κ2) is 9.09. The van der Waals surface area contributed by atoms with E-state index in [0.29, 0.717) is 9.79 Å². The van der Waals surface area contributed by atoms with Crippen LogP contribution in [0.3, 0.4) is 0 Å². The molecule has 0 spiro atoms. The van der Waals surface area contributed by atoms with Gasteiger partial charge in [0.15, 0.2) is 4.77 Å². The molecule has 0 bridgehead atoms. The third-order valence-electron chi connectivity index (χ3n) is 5.55. The predicted molar refractivity (Wildman–Crippen MR) is 138 cm³/mol. The van der Waals surface area contributed by atoms with Crippen molar-refractivity contribution in [3.63, 3.8) is 0 Å². The summed E-state index contributed by atoms with van der Waals surface area (Å²) >= 11 is 12.2. The lowest BCUT2D eigenvalue weighted by molar-refractivity contribution is -0.384. The van der Waals surface area contributed by atoms with Crippen LogP contribution in [0.5, 0.6) is 0 Å². The molecule has 1 aromatic heterocycles. The van der Waals surface area contributed by atoms with Gasteiger partial charge in [-0.3, -0.25) is 19.2 Å². The Bertz CT molecular complexity index is 1530. The van der Waals surface area contributed by atoms with Crippen molar-refractivity contribution in [2.24, 2.45) is 0 Å². The van der Waals surface area contributed by atoms with Crippen molar-refractivity contribution in [1.29, 1.82) is 0 Å². The Kier molecular flexibility index (Phi) is 5.84. The van der Waals surface area contributed by atoms with Crippen molar-refractivity contribution in [3.8, 4) is 33.9 Å². The van der Waals surface area contributed by atoms with E-state index in [1.807, 2.05) is 94.1 Å². The summed E-state index contributed by atoms with van der Waals surface area (Å²) in [5.41, 5.74) is 5.39. The Morgan fingerprint density at radius 2 is 1.06 bits per heavy atom. The molecule has 34 heavy (non-hydrogen) atoms. The number of non-ortho nitro benzene ring substituents is 1. The minimum absolute atomic E-state index is 0.0250. The first-order valence-electron chi connectivity index (χ1n) is 10.5. The van der Waals surface area contributed by atoms with Crippen molar-refractivity contribution in [3.05, 3.63) is 129 Å². The first-order chi connectivity index (χ1) is 16.5. The second-order valence-electron chi connectivity index (χ2n) is 7.63. The van der Waals surface area contributed by atoms with Gasteiger partial charge in [0.1, 0.15) is 0 Å². The van der Waals surface area contributed by atoms with Crippen LogP contribution in [-0.4, -0.2) is 14.1 Å².